The summed E-state index contributed by atoms with van der Waals surface area (Å²) >= 11 is 0. The van der Waals surface area contributed by atoms with Crippen molar-refractivity contribution in [3.63, 3.8) is 0 Å². The first-order valence-electron chi connectivity index (χ1n) is 8.93. The van der Waals surface area contributed by atoms with Gasteiger partial charge in [-0.05, 0) is 37.0 Å². The van der Waals surface area contributed by atoms with Gasteiger partial charge in [-0.15, -0.1) is 0 Å². The van der Waals surface area contributed by atoms with Crippen molar-refractivity contribution in [1.29, 1.82) is 0 Å². The fraction of sp³-hybridized carbons (Fsp3) is 0.579. The van der Waals surface area contributed by atoms with E-state index in [4.69, 9.17) is 0 Å². The summed E-state index contributed by atoms with van der Waals surface area (Å²) in [4.78, 5) is 24.0. The van der Waals surface area contributed by atoms with Crippen LogP contribution >= 0.6 is 0 Å². The van der Waals surface area contributed by atoms with Gasteiger partial charge in [0.2, 0.25) is 5.91 Å². The Labute approximate surface area is 143 Å². The van der Waals surface area contributed by atoms with Gasteiger partial charge in [0, 0.05) is 24.6 Å². The largest absolute Gasteiger partial charge is 0.391 e. The van der Waals surface area contributed by atoms with Gasteiger partial charge < -0.3 is 15.7 Å². The molecule has 1 aromatic carbocycles. The molecular weight excluding hydrogens is 304 g/mol. The van der Waals surface area contributed by atoms with E-state index in [1.165, 1.54) is 0 Å². The lowest BCUT2D eigenvalue weighted by Crippen LogP contribution is -2.32. The van der Waals surface area contributed by atoms with E-state index < -0.39 is 6.10 Å². The van der Waals surface area contributed by atoms with Crippen LogP contribution in [0.1, 0.15) is 61.4 Å². The lowest BCUT2D eigenvalue weighted by Gasteiger charge is -2.12. The SMILES string of the molecule is CCCC(O)CNC(=O)c1ccc(CNC(=O)C2CCCC2)cc1. The lowest BCUT2D eigenvalue weighted by atomic mass is 10.1. The maximum absolute atomic E-state index is 12.0. The Morgan fingerprint density at radius 2 is 1.83 bits per heavy atom. The van der Waals surface area contributed by atoms with E-state index in [0.717, 1.165) is 37.7 Å². The molecule has 0 radical (unpaired) electrons. The van der Waals surface area contributed by atoms with Crippen molar-refractivity contribution < 1.29 is 14.7 Å². The van der Waals surface area contributed by atoms with Crippen LogP contribution in [0, 0.1) is 5.92 Å². The molecule has 5 nitrogen and oxygen atoms in total. The lowest BCUT2D eigenvalue weighted by molar-refractivity contribution is -0.124. The van der Waals surface area contributed by atoms with Crippen LogP contribution in [-0.4, -0.2) is 29.6 Å². The highest BCUT2D eigenvalue weighted by molar-refractivity contribution is 5.94. The maximum Gasteiger partial charge on any atom is 0.251 e. The molecule has 0 saturated heterocycles. The van der Waals surface area contributed by atoms with E-state index >= 15 is 0 Å². The first kappa shape index (κ1) is 18.5. The normalized spacial score (nSPS) is 15.9. The third-order valence-electron chi connectivity index (χ3n) is 4.53. The first-order valence-corrected chi connectivity index (χ1v) is 8.93. The van der Waals surface area contributed by atoms with Crippen molar-refractivity contribution in [3.8, 4) is 0 Å². The molecule has 0 aromatic heterocycles. The van der Waals surface area contributed by atoms with Crippen molar-refractivity contribution in [2.45, 2.75) is 58.1 Å². The average Bonchev–Trinajstić information content (AvgIpc) is 3.13. The number of hydrogen-bond donors (Lipinski definition) is 3. The fourth-order valence-electron chi connectivity index (χ4n) is 3.04. The van der Waals surface area contributed by atoms with E-state index in [1.54, 1.807) is 12.1 Å². The number of aliphatic hydroxyl groups excluding tert-OH is 1. The van der Waals surface area contributed by atoms with E-state index in [-0.39, 0.29) is 24.3 Å². The summed E-state index contributed by atoms with van der Waals surface area (Å²) in [5.41, 5.74) is 1.54. The Morgan fingerprint density at radius 1 is 1.17 bits per heavy atom. The molecule has 0 spiro atoms. The van der Waals surface area contributed by atoms with E-state index in [9.17, 15) is 14.7 Å². The minimum atomic E-state index is -0.496. The summed E-state index contributed by atoms with van der Waals surface area (Å²) in [6, 6.07) is 7.20. The molecule has 1 aliphatic carbocycles. The summed E-state index contributed by atoms with van der Waals surface area (Å²) in [5, 5.41) is 15.3. The van der Waals surface area contributed by atoms with Crippen molar-refractivity contribution in [1.82, 2.24) is 10.6 Å². The second kappa shape index (κ2) is 9.42. The maximum atomic E-state index is 12.0. The molecule has 0 bridgehead atoms. The van der Waals surface area contributed by atoms with Crippen LogP contribution in [0.2, 0.25) is 0 Å². The number of hydrogen-bond acceptors (Lipinski definition) is 3. The number of carbonyl (C=O) groups is 2. The van der Waals surface area contributed by atoms with Crippen molar-refractivity contribution >= 4 is 11.8 Å². The highest BCUT2D eigenvalue weighted by Crippen LogP contribution is 2.24. The Kier molecular flexibility index (Phi) is 7.25. The molecule has 1 saturated carbocycles. The van der Waals surface area contributed by atoms with Gasteiger partial charge in [-0.1, -0.05) is 38.3 Å². The molecule has 0 aliphatic heterocycles. The highest BCUT2D eigenvalue weighted by Gasteiger charge is 2.22. The molecule has 132 valence electrons. The van der Waals surface area contributed by atoms with E-state index in [2.05, 4.69) is 10.6 Å². The predicted molar refractivity (Wildman–Crippen MR) is 93.5 cm³/mol. The Hall–Kier alpha value is -1.88. The summed E-state index contributed by atoms with van der Waals surface area (Å²) in [6.07, 6.45) is 5.36. The zero-order valence-electron chi connectivity index (χ0n) is 14.4. The predicted octanol–water partition coefficient (Wildman–Crippen LogP) is 2.38. The van der Waals surface area contributed by atoms with Crippen LogP contribution in [0.4, 0.5) is 0 Å². The van der Waals surface area contributed by atoms with Crippen LogP contribution in [0.5, 0.6) is 0 Å². The minimum absolute atomic E-state index is 0.138. The number of nitrogens with one attached hydrogen (secondary N) is 2. The van der Waals surface area contributed by atoms with Crippen LogP contribution in [0.15, 0.2) is 24.3 Å². The van der Waals surface area contributed by atoms with Gasteiger partial charge >= 0.3 is 0 Å². The summed E-state index contributed by atoms with van der Waals surface area (Å²) < 4.78 is 0. The Bertz CT molecular complexity index is 536. The number of aliphatic hydroxyl groups is 1. The molecule has 1 aromatic rings. The monoisotopic (exact) mass is 332 g/mol. The molecular formula is C19H28N2O3. The molecule has 2 amide bonds. The second-order valence-electron chi connectivity index (χ2n) is 6.55. The number of amides is 2. The van der Waals surface area contributed by atoms with Gasteiger partial charge in [-0.3, -0.25) is 9.59 Å². The van der Waals surface area contributed by atoms with Gasteiger partial charge in [-0.2, -0.15) is 0 Å². The topological polar surface area (TPSA) is 78.4 Å². The zero-order valence-corrected chi connectivity index (χ0v) is 14.4. The molecule has 3 N–H and O–H groups in total. The second-order valence-corrected chi connectivity index (χ2v) is 6.55. The van der Waals surface area contributed by atoms with E-state index in [1.807, 2.05) is 19.1 Å². The quantitative estimate of drug-likeness (QED) is 0.684. The standard InChI is InChI=1S/C19H28N2O3/c1-2-5-17(22)13-21-19(24)16-10-8-14(9-11-16)12-20-18(23)15-6-3-4-7-15/h8-11,15,17,22H,2-7,12-13H2,1H3,(H,20,23)(H,21,24). The third-order valence-corrected chi connectivity index (χ3v) is 4.53. The molecule has 24 heavy (non-hydrogen) atoms. The summed E-state index contributed by atoms with van der Waals surface area (Å²) in [7, 11) is 0. The van der Waals surface area contributed by atoms with Gasteiger partial charge in [0.15, 0.2) is 0 Å². The Balaban J connectivity index is 1.77. The zero-order chi connectivity index (χ0) is 17.4. The molecule has 1 aliphatic rings. The van der Waals surface area contributed by atoms with Gasteiger partial charge in [0.1, 0.15) is 0 Å². The summed E-state index contributed by atoms with van der Waals surface area (Å²) in [5.74, 6) is 0.121. The molecule has 2 rings (SSSR count). The van der Waals surface area contributed by atoms with Crippen LogP contribution in [0.3, 0.4) is 0 Å². The van der Waals surface area contributed by atoms with Crippen molar-refractivity contribution in [2.75, 3.05) is 6.54 Å². The van der Waals surface area contributed by atoms with Crippen molar-refractivity contribution in [3.05, 3.63) is 35.4 Å². The van der Waals surface area contributed by atoms with Gasteiger partial charge in [0.25, 0.3) is 5.91 Å². The average molecular weight is 332 g/mol. The van der Waals surface area contributed by atoms with E-state index in [0.29, 0.717) is 18.5 Å². The number of benzene rings is 1. The fourth-order valence-corrected chi connectivity index (χ4v) is 3.04. The molecule has 1 atom stereocenters. The third kappa shape index (κ3) is 5.64. The first-order chi connectivity index (χ1) is 11.6. The molecule has 1 unspecified atom stereocenters. The smallest absolute Gasteiger partial charge is 0.251 e. The highest BCUT2D eigenvalue weighted by atomic mass is 16.3. The minimum Gasteiger partial charge on any atom is -0.391 e. The summed E-state index contributed by atoms with van der Waals surface area (Å²) in [6.45, 7) is 2.76. The van der Waals surface area contributed by atoms with Crippen LogP contribution in [-0.2, 0) is 11.3 Å². The number of rotatable bonds is 8. The Morgan fingerprint density at radius 3 is 2.46 bits per heavy atom. The molecule has 1 fully saturated rings. The number of carbonyl (C=O) groups excluding carboxylic acids is 2. The van der Waals surface area contributed by atoms with Gasteiger partial charge in [0.05, 0.1) is 6.10 Å². The van der Waals surface area contributed by atoms with Crippen LogP contribution in [0.25, 0.3) is 0 Å². The molecule has 0 heterocycles. The molecule has 5 heteroatoms. The van der Waals surface area contributed by atoms with Crippen LogP contribution < -0.4 is 10.6 Å². The van der Waals surface area contributed by atoms with Crippen molar-refractivity contribution in [2.24, 2.45) is 5.92 Å². The van der Waals surface area contributed by atoms with Gasteiger partial charge in [-0.25, -0.2) is 0 Å².